The molecule has 4 nitrogen and oxygen atoms in total. The molecule has 2 unspecified atom stereocenters. The smallest absolute Gasteiger partial charge is 0.311 e. The van der Waals surface area contributed by atoms with E-state index in [-0.39, 0.29) is 5.54 Å². The van der Waals surface area contributed by atoms with E-state index in [9.17, 15) is 13.2 Å². The molecule has 2 atom stereocenters. The molecule has 0 saturated carbocycles. The maximum absolute atomic E-state index is 12.8. The predicted molar refractivity (Wildman–Crippen MR) is 154 cm³/mol. The van der Waals surface area contributed by atoms with Gasteiger partial charge < -0.3 is 10.6 Å². The van der Waals surface area contributed by atoms with Gasteiger partial charge >= 0.3 is 6.18 Å². The van der Waals surface area contributed by atoms with Crippen LogP contribution in [-0.2, 0) is 12.7 Å². The highest BCUT2D eigenvalue weighted by Crippen LogP contribution is 2.29. The number of rotatable bonds is 18. The summed E-state index contributed by atoms with van der Waals surface area (Å²) in [5.74, 6) is 1.51. The van der Waals surface area contributed by atoms with E-state index in [1.807, 2.05) is 0 Å². The van der Waals surface area contributed by atoms with Crippen molar-refractivity contribution >= 4 is 0 Å². The van der Waals surface area contributed by atoms with Crippen molar-refractivity contribution in [2.24, 2.45) is 11.8 Å². The lowest BCUT2D eigenvalue weighted by Crippen LogP contribution is -2.65. The van der Waals surface area contributed by atoms with Crippen molar-refractivity contribution in [2.75, 3.05) is 45.9 Å². The van der Waals surface area contributed by atoms with Crippen molar-refractivity contribution < 1.29 is 13.2 Å². The third-order valence-electron chi connectivity index (χ3n) is 8.13. The third kappa shape index (κ3) is 11.9. The van der Waals surface area contributed by atoms with Crippen molar-refractivity contribution in [3.05, 3.63) is 35.4 Å². The second-order valence-electron chi connectivity index (χ2n) is 11.9. The number of unbranched alkanes of at least 4 members (excludes halogenated alkanes) is 2. The van der Waals surface area contributed by atoms with E-state index in [1.165, 1.54) is 64.5 Å². The van der Waals surface area contributed by atoms with Crippen molar-refractivity contribution in [2.45, 2.75) is 104 Å². The first kappa shape index (κ1) is 33.1. The molecule has 0 aliphatic carbocycles. The molecule has 38 heavy (non-hydrogen) atoms. The Labute approximate surface area is 231 Å². The van der Waals surface area contributed by atoms with Crippen LogP contribution in [0.4, 0.5) is 13.2 Å². The van der Waals surface area contributed by atoms with Gasteiger partial charge in [-0.2, -0.15) is 13.2 Å². The highest BCUT2D eigenvalue weighted by atomic mass is 19.4. The normalized spacial score (nSPS) is 21.1. The van der Waals surface area contributed by atoms with Crippen LogP contribution in [-0.4, -0.2) is 61.3 Å². The molecule has 2 rings (SSSR count). The lowest BCUT2D eigenvalue weighted by molar-refractivity contribution is -0.137. The second kappa shape index (κ2) is 16.8. The Morgan fingerprint density at radius 1 is 0.842 bits per heavy atom. The van der Waals surface area contributed by atoms with Crippen LogP contribution in [0, 0.1) is 11.8 Å². The summed E-state index contributed by atoms with van der Waals surface area (Å²) in [4.78, 5) is 5.37. The van der Waals surface area contributed by atoms with E-state index in [1.54, 1.807) is 12.1 Å². The third-order valence-corrected chi connectivity index (χ3v) is 8.13. The molecule has 0 bridgehead atoms. The van der Waals surface area contributed by atoms with Gasteiger partial charge in [0.15, 0.2) is 0 Å². The Morgan fingerprint density at radius 2 is 1.37 bits per heavy atom. The molecule has 1 heterocycles. The summed E-state index contributed by atoms with van der Waals surface area (Å²) < 4.78 is 38.4. The summed E-state index contributed by atoms with van der Waals surface area (Å²) in [7, 11) is 0. The van der Waals surface area contributed by atoms with Gasteiger partial charge in [0.2, 0.25) is 0 Å². The summed E-state index contributed by atoms with van der Waals surface area (Å²) in [6, 6.07) is 5.45. The largest absolute Gasteiger partial charge is 0.416 e. The zero-order valence-corrected chi connectivity index (χ0v) is 24.8. The molecule has 2 N–H and O–H groups in total. The van der Waals surface area contributed by atoms with Gasteiger partial charge in [-0.3, -0.25) is 9.80 Å². The molecule has 1 aromatic rings. The molecule has 0 amide bonds. The van der Waals surface area contributed by atoms with Crippen LogP contribution in [0.3, 0.4) is 0 Å². The Hall–Kier alpha value is -1.15. The van der Waals surface area contributed by atoms with Crippen LogP contribution in [0.25, 0.3) is 0 Å². The van der Waals surface area contributed by atoms with E-state index in [0.717, 1.165) is 62.4 Å². The van der Waals surface area contributed by atoms with E-state index < -0.39 is 11.7 Å². The molecule has 0 spiro atoms. The van der Waals surface area contributed by atoms with Gasteiger partial charge in [-0.15, -0.1) is 0 Å². The van der Waals surface area contributed by atoms with E-state index in [4.69, 9.17) is 0 Å². The number of alkyl halides is 3. The van der Waals surface area contributed by atoms with Gasteiger partial charge in [-0.05, 0) is 49.3 Å². The van der Waals surface area contributed by atoms with Gasteiger partial charge in [0, 0.05) is 51.4 Å². The lowest BCUT2D eigenvalue weighted by Gasteiger charge is -2.48. The minimum Gasteiger partial charge on any atom is -0.311 e. The summed E-state index contributed by atoms with van der Waals surface area (Å²) in [5, 5.41) is 7.24. The molecule has 1 aromatic carbocycles. The Bertz CT molecular complexity index is 726. The lowest BCUT2D eigenvalue weighted by atomic mass is 9.93. The van der Waals surface area contributed by atoms with Crippen LogP contribution in [0.1, 0.15) is 97.1 Å². The number of benzene rings is 1. The van der Waals surface area contributed by atoms with E-state index >= 15 is 0 Å². The minimum absolute atomic E-state index is 0.0143. The van der Waals surface area contributed by atoms with Gasteiger partial charge in [0.05, 0.1) is 12.2 Å². The molecule has 0 radical (unpaired) electrons. The SMILES string of the molecule is CCCCC(CC)CN1CN(CC(CC)CCCC)CC(C)(NCCNCc2ccc(C(F)(F)F)cc2)C1. The summed E-state index contributed by atoms with van der Waals surface area (Å²) >= 11 is 0. The van der Waals surface area contributed by atoms with Crippen molar-refractivity contribution in [1.82, 2.24) is 20.4 Å². The topological polar surface area (TPSA) is 30.5 Å². The monoisotopic (exact) mass is 540 g/mol. The van der Waals surface area contributed by atoms with Crippen molar-refractivity contribution in [3.8, 4) is 0 Å². The molecular weight excluding hydrogens is 485 g/mol. The summed E-state index contributed by atoms with van der Waals surface area (Å²) in [6.07, 6.45) is 5.97. The van der Waals surface area contributed by atoms with E-state index in [2.05, 4.69) is 55.1 Å². The first-order chi connectivity index (χ1) is 18.1. The first-order valence-electron chi connectivity index (χ1n) is 15.2. The summed E-state index contributed by atoms with van der Waals surface area (Å²) in [5.41, 5.74) is 0.289. The zero-order chi connectivity index (χ0) is 28.0. The highest BCUT2D eigenvalue weighted by molar-refractivity contribution is 5.24. The van der Waals surface area contributed by atoms with E-state index in [0.29, 0.717) is 6.54 Å². The first-order valence-corrected chi connectivity index (χ1v) is 15.2. The minimum atomic E-state index is -4.28. The predicted octanol–water partition coefficient (Wildman–Crippen LogP) is 7.15. The number of halogens is 3. The average molecular weight is 541 g/mol. The molecular formula is C31H55F3N4. The Balaban J connectivity index is 1.92. The zero-order valence-electron chi connectivity index (χ0n) is 24.8. The fraction of sp³-hybridized carbons (Fsp3) is 0.806. The van der Waals surface area contributed by atoms with Gasteiger partial charge in [0.25, 0.3) is 0 Å². The maximum Gasteiger partial charge on any atom is 0.416 e. The molecule has 1 fully saturated rings. The fourth-order valence-corrected chi connectivity index (χ4v) is 5.84. The summed E-state index contributed by atoms with van der Waals surface area (Å²) in [6.45, 7) is 19.3. The number of nitrogens with zero attached hydrogens (tertiary/aromatic N) is 2. The quantitative estimate of drug-likeness (QED) is 0.194. The maximum atomic E-state index is 12.8. The second-order valence-corrected chi connectivity index (χ2v) is 11.9. The number of hydrogen-bond donors (Lipinski definition) is 2. The molecule has 1 aliphatic rings. The molecule has 7 heteroatoms. The van der Waals surface area contributed by atoms with Crippen LogP contribution in [0.15, 0.2) is 24.3 Å². The van der Waals surface area contributed by atoms with Gasteiger partial charge in [-0.1, -0.05) is 78.4 Å². The molecule has 1 aliphatic heterocycles. The average Bonchev–Trinajstić information content (AvgIpc) is 2.88. The van der Waals surface area contributed by atoms with Crippen molar-refractivity contribution in [1.29, 1.82) is 0 Å². The van der Waals surface area contributed by atoms with Crippen LogP contribution >= 0.6 is 0 Å². The van der Waals surface area contributed by atoms with Crippen molar-refractivity contribution in [3.63, 3.8) is 0 Å². The molecule has 0 aromatic heterocycles. The van der Waals surface area contributed by atoms with Crippen LogP contribution in [0.5, 0.6) is 0 Å². The Morgan fingerprint density at radius 3 is 1.82 bits per heavy atom. The molecule has 1 saturated heterocycles. The van der Waals surface area contributed by atoms with Crippen LogP contribution < -0.4 is 10.6 Å². The number of hydrogen-bond acceptors (Lipinski definition) is 4. The highest BCUT2D eigenvalue weighted by Gasteiger charge is 2.35. The van der Waals surface area contributed by atoms with Gasteiger partial charge in [0.1, 0.15) is 0 Å². The standard InChI is InChI=1S/C31H55F3N4/c1-6-10-12-26(8-3)21-37-23-30(5,24-38(25-37)22-27(9-4)13-11-7-2)36-19-18-35-20-28-14-16-29(17-15-28)31(32,33)34/h14-17,26-27,35-36H,6-13,18-25H2,1-5H3. The van der Waals surface area contributed by atoms with Crippen LogP contribution in [0.2, 0.25) is 0 Å². The Kier molecular flexibility index (Phi) is 14.6. The molecule has 220 valence electrons. The van der Waals surface area contributed by atoms with Gasteiger partial charge in [-0.25, -0.2) is 0 Å². The number of nitrogens with one attached hydrogen (secondary N) is 2. The fourth-order valence-electron chi connectivity index (χ4n) is 5.84.